The predicted molar refractivity (Wildman–Crippen MR) is 643 cm³/mol. The number of benzene rings is 7. The molecule has 0 radical (unpaired) electrons. The van der Waals surface area contributed by atoms with E-state index in [-0.39, 0.29) is 20.9 Å². The summed E-state index contributed by atoms with van der Waals surface area (Å²) in [6, 6.07) is 55.0. The number of ether oxygens (including phenoxy) is 2. The fraction of sp³-hybridized carbons (Fsp3) is 0.685. The second-order valence-corrected chi connectivity index (χ2v) is 56.6. The van der Waals surface area contributed by atoms with E-state index in [4.69, 9.17) is 9.47 Å². The number of piperazine rings is 3. The van der Waals surface area contributed by atoms with Crippen LogP contribution in [-0.4, -0.2) is 275 Å². The van der Waals surface area contributed by atoms with Gasteiger partial charge in [0.15, 0.2) is 19.8 Å². The first-order chi connectivity index (χ1) is 72.3. The molecule has 1 atom stereocenters. The molecule has 0 aromatic heterocycles. The number of fused-ring (bicyclic) bond motifs is 2. The number of nitrogens with one attached hydrogen (secondary N) is 1. The second kappa shape index (κ2) is 69.0. The third-order valence-electron chi connectivity index (χ3n) is 33.5. The molecule has 1 N–H and O–H groups in total. The highest BCUT2D eigenvalue weighted by Gasteiger charge is 2.47. The van der Waals surface area contributed by atoms with Crippen LogP contribution in [0.15, 0.2) is 161 Å². The molecule has 8 aliphatic heterocycles. The van der Waals surface area contributed by atoms with Crippen molar-refractivity contribution in [2.45, 2.75) is 342 Å². The first kappa shape index (κ1) is 121. The first-order valence-electron chi connectivity index (χ1n) is 59.9. The monoisotopic (exact) mass is 2120 g/mol. The second-order valence-electron chi connectivity index (χ2n) is 45.0. The van der Waals surface area contributed by atoms with Crippen LogP contribution < -0.4 is 19.7 Å². The van der Waals surface area contributed by atoms with Crippen LogP contribution in [0.2, 0.25) is 0 Å². The smallest absolute Gasteiger partial charge is 0.217 e. The molecule has 824 valence electrons. The molecule has 7 aromatic carbocycles. The summed E-state index contributed by atoms with van der Waals surface area (Å²) < 4.78 is 43.7. The van der Waals surface area contributed by atoms with E-state index in [1.165, 1.54) is 420 Å². The van der Waals surface area contributed by atoms with Gasteiger partial charge in [0.05, 0.1) is 28.6 Å². The van der Waals surface area contributed by atoms with Crippen molar-refractivity contribution in [1.82, 2.24) is 29.8 Å². The van der Waals surface area contributed by atoms with Gasteiger partial charge in [-0.2, -0.15) is 13.1 Å². The standard InChI is InChI=1S/C23H31OS.C21H27OS.C20H29OS.C19H27OS.C17H28N3.C12H26N3.C10H22N2.C5H11NO3S/c1-2-4-10-19(11-5-3-1)18-24-22-14-15-23(25-16-8-9-17-25)21-13-7-6-12-20(21)22;1-2-8-17(9-3-1)16-22-20-12-13-21(23-14-6-7-15-23)19-11-5-4-10-18(19)20;1-20(2,22-14-6-7-15-22)19(21)18-12-10-17(11-13-18)16-8-4-3-5-9-16;1-15(21-13-5-6-14-21)19(20)18-11-9-17(10-12-18)16-7-3-2-4-8-16;1-2-18-11-7-4-8-12-19-13-15-20(16-14-19)17-9-5-3-6-10-17;1-3-13-7-5-4-6-8-15-11-9-14(2)10-12-15;1-3-4-5-6-12-9-7-11(2)8-10-12;7-10(8,9)5-1-3-6-4-2-5/h6-7,12-15,19H,1-5,8-11,16-18H2;4-5,10-13,17H,1-3,6-9,14-16H2;10-13,16H,3-9,14-15H2,1-2H3;9-12,15-16H,2-8,13-14H2,1H3;3,5-6,9-10H,2,4,7-8,11-16H2,1H3;3-12H2,1-2H3;3-10H2,1-2H3;5-6H,1-4H2,(H,7,8,9)/q4*+1;2*-1;;/p-1. The number of hydrogen-bond donors (Lipinski definition) is 1. The SMILES string of the molecule is CC(C(=O)c1ccc(C2CCCCC2)cc1)[S+]1CCCC1.CC(C)(C(=O)c1ccc(C2CCCCC2)cc1)[S+]1CCCC1.CCCCCN1CCN(C)CC1.CC[N-]CCCCCN1CCN(C)CC1.CC[N-]CCCCCN1CCN(c2ccccc2)CC1.O=S(=O)([O-])C1CCNCC1.c1ccc2c([S+]3CCCC3)ccc(OCC3CCCCC3)c2c1.c1ccc2c([S+]3CCCC3)ccc(OCC3CCCCCCC3)c2c1. The van der Waals surface area contributed by atoms with E-state index in [9.17, 15) is 22.6 Å². The Labute approximate surface area is 912 Å². The average molecular weight is 2130 g/mol. The van der Waals surface area contributed by atoms with Gasteiger partial charge in [-0.15, -0.1) is 13.1 Å². The molecule has 0 bridgehead atoms. The lowest BCUT2D eigenvalue weighted by atomic mass is 9.83. The van der Waals surface area contributed by atoms with Crippen LogP contribution in [-0.2, 0) is 53.7 Å². The molecule has 7 aromatic rings. The maximum Gasteiger partial charge on any atom is 0.217 e. The van der Waals surface area contributed by atoms with Crippen molar-refractivity contribution in [2.24, 2.45) is 11.8 Å². The minimum absolute atomic E-state index is 0.178. The number of carbonyl (C=O) groups excluding carboxylic acids is 2. The molecule has 148 heavy (non-hydrogen) atoms. The lowest BCUT2D eigenvalue weighted by molar-refractivity contribution is 0.0955. The van der Waals surface area contributed by atoms with Gasteiger partial charge in [0.2, 0.25) is 11.6 Å². The highest BCUT2D eigenvalue weighted by atomic mass is 32.2. The van der Waals surface area contributed by atoms with E-state index < -0.39 is 15.4 Å². The number of Topliss-reactive ketones (excluding diaryl/α,β-unsaturated/α-hetero) is 2. The van der Waals surface area contributed by atoms with Crippen molar-refractivity contribution in [3.05, 3.63) is 185 Å². The molecular formula is C127H200N9O7S5+. The van der Waals surface area contributed by atoms with Gasteiger partial charge in [-0.1, -0.05) is 252 Å². The molecule has 16 nitrogen and oxygen atoms in total. The zero-order valence-corrected chi connectivity index (χ0v) is 97.9. The average Bonchev–Trinajstić information content (AvgIpc) is 1.25. The maximum atomic E-state index is 12.9. The molecule has 12 aliphatic rings. The van der Waals surface area contributed by atoms with Crippen LogP contribution in [0.4, 0.5) is 5.69 Å². The van der Waals surface area contributed by atoms with Crippen LogP contribution >= 0.6 is 0 Å². The minimum atomic E-state index is -4.02. The van der Waals surface area contributed by atoms with Crippen molar-refractivity contribution >= 4 is 92.5 Å². The largest absolute Gasteiger partial charge is 0.748 e. The number of hydrogen-bond acceptors (Lipinski definition) is 14. The summed E-state index contributed by atoms with van der Waals surface area (Å²) in [4.78, 5) is 43.8. The van der Waals surface area contributed by atoms with Gasteiger partial charge in [-0.3, -0.25) is 14.5 Å². The normalized spacial score (nSPS) is 20.4. The Balaban J connectivity index is 0.000000152. The lowest BCUT2D eigenvalue weighted by Crippen LogP contribution is -2.46. The van der Waals surface area contributed by atoms with Crippen LogP contribution in [0.5, 0.6) is 11.5 Å². The molecule has 8 saturated heterocycles. The predicted octanol–water partition coefficient (Wildman–Crippen LogP) is 27.6. The van der Waals surface area contributed by atoms with Gasteiger partial charge in [-0.05, 0) is 297 Å². The highest BCUT2D eigenvalue weighted by Crippen LogP contribution is 2.41. The minimum Gasteiger partial charge on any atom is -0.748 e. The van der Waals surface area contributed by atoms with Crippen molar-refractivity contribution in [3.8, 4) is 11.5 Å². The van der Waals surface area contributed by atoms with Gasteiger partial charge in [0.1, 0.15) is 57.5 Å². The molecular weight excluding hydrogens is 1920 g/mol. The van der Waals surface area contributed by atoms with E-state index in [2.05, 4.69) is 253 Å². The Bertz CT molecular complexity index is 4840. The third-order valence-corrected chi connectivity index (χ3v) is 45.9. The van der Waals surface area contributed by atoms with Gasteiger partial charge in [0, 0.05) is 150 Å². The van der Waals surface area contributed by atoms with Gasteiger partial charge < -0.3 is 54.5 Å². The Morgan fingerprint density at radius 1 is 0.405 bits per heavy atom. The fourth-order valence-electron chi connectivity index (χ4n) is 23.7. The van der Waals surface area contributed by atoms with E-state index in [0.717, 1.165) is 98.8 Å². The zero-order chi connectivity index (χ0) is 104. The molecule has 0 amide bonds. The Morgan fingerprint density at radius 3 is 1.19 bits per heavy atom. The number of anilines is 1. The van der Waals surface area contributed by atoms with Crippen LogP contribution in [0.3, 0.4) is 0 Å². The van der Waals surface area contributed by atoms with Gasteiger partial charge in [-0.25, -0.2) is 8.42 Å². The van der Waals surface area contributed by atoms with E-state index in [1.807, 2.05) is 0 Å². The maximum absolute atomic E-state index is 12.9. The molecule has 4 saturated carbocycles. The molecule has 19 rings (SSSR count). The Hall–Kier alpha value is -5.21. The molecule has 8 heterocycles. The van der Waals surface area contributed by atoms with Gasteiger partial charge in [0.25, 0.3) is 0 Å². The summed E-state index contributed by atoms with van der Waals surface area (Å²) in [5.41, 5.74) is 6.11. The van der Waals surface area contributed by atoms with Crippen molar-refractivity contribution in [1.29, 1.82) is 0 Å². The number of para-hydroxylation sites is 1. The van der Waals surface area contributed by atoms with Crippen LogP contribution in [0, 0.1) is 11.8 Å². The number of likely N-dealkylation sites (N-methyl/N-ethyl adjacent to an activating group) is 2. The Morgan fingerprint density at radius 2 is 0.777 bits per heavy atom. The molecule has 21 heteroatoms. The topological polar surface area (TPSA) is 169 Å². The van der Waals surface area contributed by atoms with Crippen LogP contribution in [0.25, 0.3) is 32.2 Å². The molecule has 0 spiro atoms. The number of piperidine rings is 1. The highest BCUT2D eigenvalue weighted by molar-refractivity contribution is 7.99. The number of carbonyl (C=O) groups is 2. The van der Waals surface area contributed by atoms with E-state index in [1.54, 1.807) is 9.79 Å². The summed E-state index contributed by atoms with van der Waals surface area (Å²) in [6.07, 6.45) is 53.9. The number of rotatable bonds is 36. The van der Waals surface area contributed by atoms with E-state index >= 15 is 0 Å². The third kappa shape index (κ3) is 42.0. The molecule has 4 aliphatic carbocycles. The summed E-state index contributed by atoms with van der Waals surface area (Å²) >= 11 is 0. The molecule has 12 fully saturated rings. The van der Waals surface area contributed by atoms with Crippen LogP contribution in [0.1, 0.15) is 348 Å². The lowest BCUT2D eigenvalue weighted by Gasteiger charge is -2.36. The van der Waals surface area contributed by atoms with Crippen molar-refractivity contribution in [2.75, 3.05) is 216 Å². The summed E-state index contributed by atoms with van der Waals surface area (Å²) in [6.45, 7) is 38.8. The number of unbranched alkanes of at least 4 members (excludes halogenated alkanes) is 6. The first-order valence-corrected chi connectivity index (χ1v) is 67.7. The van der Waals surface area contributed by atoms with Gasteiger partial charge >= 0.3 is 0 Å². The van der Waals surface area contributed by atoms with Crippen molar-refractivity contribution < 1.29 is 32.0 Å². The zero-order valence-electron chi connectivity index (χ0n) is 93.8. The summed E-state index contributed by atoms with van der Waals surface area (Å²) in [7, 11) is 1.94. The summed E-state index contributed by atoms with van der Waals surface area (Å²) in [5, 5.41) is 16.8. The number of ketones is 2. The fourth-order valence-corrected chi connectivity index (χ4v) is 34.7. The molecule has 1 unspecified atom stereocenters. The quantitative estimate of drug-likeness (QED) is 0.0170. The Kier molecular flexibility index (Phi) is 56.6. The number of nitrogens with zero attached hydrogens (tertiary/aromatic N) is 8. The van der Waals surface area contributed by atoms with E-state index in [0.29, 0.717) is 70.2 Å². The summed E-state index contributed by atoms with van der Waals surface area (Å²) in [5.74, 6) is 16.5. The van der Waals surface area contributed by atoms with Crippen molar-refractivity contribution in [3.63, 3.8) is 0 Å².